The molecule has 1 fully saturated rings. The monoisotopic (exact) mass is 290 g/mol. The van der Waals surface area contributed by atoms with Gasteiger partial charge in [0.1, 0.15) is 5.82 Å². The molecule has 0 spiro atoms. The zero-order valence-corrected chi connectivity index (χ0v) is 13.0. The zero-order valence-electron chi connectivity index (χ0n) is 13.0. The Morgan fingerprint density at radius 2 is 2.14 bits per heavy atom. The number of aromatic nitrogens is 1. The minimum absolute atomic E-state index is 0.0959. The minimum atomic E-state index is 0.0959. The maximum Gasteiger partial charge on any atom is 0.255 e. The number of amides is 1. The molecule has 1 amide bonds. The van der Waals surface area contributed by atoms with Crippen LogP contribution in [0.2, 0.25) is 0 Å². The van der Waals surface area contributed by atoms with Crippen molar-refractivity contribution in [3.8, 4) is 0 Å². The predicted octanol–water partition coefficient (Wildman–Crippen LogP) is 2.80. The minimum Gasteiger partial charge on any atom is -0.336 e. The van der Waals surface area contributed by atoms with Crippen LogP contribution < -0.4 is 11.3 Å². The van der Waals surface area contributed by atoms with E-state index in [4.69, 9.17) is 5.84 Å². The number of hydrazine groups is 1. The van der Waals surface area contributed by atoms with Gasteiger partial charge >= 0.3 is 0 Å². The molecule has 0 radical (unpaired) electrons. The first-order valence-electron chi connectivity index (χ1n) is 7.85. The van der Waals surface area contributed by atoms with Gasteiger partial charge in [0.05, 0.1) is 5.56 Å². The number of pyridine rings is 1. The molecular formula is C16H26N4O. The van der Waals surface area contributed by atoms with Gasteiger partial charge in [0, 0.05) is 18.8 Å². The van der Waals surface area contributed by atoms with Crippen LogP contribution in [0.25, 0.3) is 0 Å². The number of nitrogens with two attached hydrogens (primary N) is 1. The maximum absolute atomic E-state index is 12.8. The fourth-order valence-corrected chi connectivity index (χ4v) is 2.83. The fraction of sp³-hybridized carbons (Fsp3) is 0.625. The number of nitrogens with one attached hydrogen (secondary N) is 1. The molecule has 0 atom stereocenters. The molecule has 2 rings (SSSR count). The van der Waals surface area contributed by atoms with Gasteiger partial charge in [-0.05, 0) is 37.3 Å². The summed E-state index contributed by atoms with van der Waals surface area (Å²) in [7, 11) is 0. The second-order valence-electron chi connectivity index (χ2n) is 6.20. The first-order chi connectivity index (χ1) is 10.1. The SMILES string of the molecule is CC(C)CCN(C(=O)c1ccc(NN)nc1)C1CCCC1. The first kappa shape index (κ1) is 15.8. The highest BCUT2D eigenvalue weighted by Crippen LogP contribution is 2.25. The Labute approximate surface area is 126 Å². The van der Waals surface area contributed by atoms with Crippen LogP contribution in [-0.2, 0) is 0 Å². The lowest BCUT2D eigenvalue weighted by Crippen LogP contribution is -2.40. The lowest BCUT2D eigenvalue weighted by atomic mass is 10.1. The predicted molar refractivity (Wildman–Crippen MR) is 84.8 cm³/mol. The van der Waals surface area contributed by atoms with E-state index < -0.39 is 0 Å². The number of hydrogen-bond acceptors (Lipinski definition) is 4. The van der Waals surface area contributed by atoms with Crippen LogP contribution in [0.15, 0.2) is 18.3 Å². The van der Waals surface area contributed by atoms with Crippen molar-refractivity contribution >= 4 is 11.7 Å². The molecular weight excluding hydrogens is 264 g/mol. The molecule has 0 bridgehead atoms. The summed E-state index contributed by atoms with van der Waals surface area (Å²) in [6.07, 6.45) is 7.35. The summed E-state index contributed by atoms with van der Waals surface area (Å²) in [5.41, 5.74) is 3.12. The van der Waals surface area contributed by atoms with Crippen LogP contribution in [0.4, 0.5) is 5.82 Å². The van der Waals surface area contributed by atoms with E-state index in [2.05, 4.69) is 29.2 Å². The number of anilines is 1. The van der Waals surface area contributed by atoms with Crippen molar-refractivity contribution < 1.29 is 4.79 Å². The number of carbonyl (C=O) groups excluding carboxylic acids is 1. The Balaban J connectivity index is 2.11. The number of nitrogen functional groups attached to an aromatic ring is 1. The summed E-state index contributed by atoms with van der Waals surface area (Å²) in [6.45, 7) is 5.22. The van der Waals surface area contributed by atoms with E-state index in [-0.39, 0.29) is 5.91 Å². The second kappa shape index (κ2) is 7.41. The van der Waals surface area contributed by atoms with Crippen LogP contribution >= 0.6 is 0 Å². The van der Waals surface area contributed by atoms with Gasteiger partial charge in [-0.25, -0.2) is 10.8 Å². The van der Waals surface area contributed by atoms with E-state index in [9.17, 15) is 4.79 Å². The molecule has 21 heavy (non-hydrogen) atoms. The Kier molecular flexibility index (Phi) is 5.56. The van der Waals surface area contributed by atoms with E-state index in [0.29, 0.717) is 23.3 Å². The van der Waals surface area contributed by atoms with Gasteiger partial charge in [0.2, 0.25) is 0 Å². The van der Waals surface area contributed by atoms with E-state index in [1.807, 2.05) is 0 Å². The first-order valence-corrected chi connectivity index (χ1v) is 7.85. The average Bonchev–Trinajstić information content (AvgIpc) is 3.01. The van der Waals surface area contributed by atoms with Crippen molar-refractivity contribution in [3.05, 3.63) is 23.9 Å². The molecule has 3 N–H and O–H groups in total. The summed E-state index contributed by atoms with van der Waals surface area (Å²) >= 11 is 0. The topological polar surface area (TPSA) is 71.2 Å². The molecule has 0 saturated heterocycles. The molecule has 5 heteroatoms. The van der Waals surface area contributed by atoms with Gasteiger partial charge < -0.3 is 10.3 Å². The molecule has 1 aliphatic carbocycles. The molecule has 116 valence electrons. The summed E-state index contributed by atoms with van der Waals surface area (Å²) in [6, 6.07) is 3.92. The largest absolute Gasteiger partial charge is 0.336 e. The highest BCUT2D eigenvalue weighted by atomic mass is 16.2. The second-order valence-corrected chi connectivity index (χ2v) is 6.20. The molecule has 1 saturated carbocycles. The normalized spacial score (nSPS) is 15.4. The van der Waals surface area contributed by atoms with Gasteiger partial charge in [-0.1, -0.05) is 26.7 Å². The third-order valence-electron chi connectivity index (χ3n) is 4.13. The summed E-state index contributed by atoms with van der Waals surface area (Å²) in [4.78, 5) is 19.0. The Morgan fingerprint density at radius 1 is 1.43 bits per heavy atom. The van der Waals surface area contributed by atoms with Crippen LogP contribution in [0.3, 0.4) is 0 Å². The van der Waals surface area contributed by atoms with E-state index in [1.165, 1.54) is 12.8 Å². The lowest BCUT2D eigenvalue weighted by molar-refractivity contribution is 0.0671. The quantitative estimate of drug-likeness (QED) is 0.624. The van der Waals surface area contributed by atoms with Gasteiger partial charge in [0.15, 0.2) is 0 Å². The summed E-state index contributed by atoms with van der Waals surface area (Å²) in [5.74, 6) is 6.58. The van der Waals surface area contributed by atoms with Crippen LogP contribution in [0.5, 0.6) is 0 Å². The maximum atomic E-state index is 12.8. The molecule has 5 nitrogen and oxygen atoms in total. The van der Waals surface area contributed by atoms with Crippen molar-refractivity contribution in [1.29, 1.82) is 0 Å². The summed E-state index contributed by atoms with van der Waals surface area (Å²) < 4.78 is 0. The number of nitrogens with zero attached hydrogens (tertiary/aromatic N) is 2. The third-order valence-corrected chi connectivity index (χ3v) is 4.13. The number of rotatable bonds is 6. The fourth-order valence-electron chi connectivity index (χ4n) is 2.83. The average molecular weight is 290 g/mol. The van der Waals surface area contributed by atoms with Crippen molar-refractivity contribution in [2.45, 2.75) is 52.0 Å². The van der Waals surface area contributed by atoms with Crippen molar-refractivity contribution in [2.75, 3.05) is 12.0 Å². The van der Waals surface area contributed by atoms with E-state index in [1.54, 1.807) is 18.3 Å². The van der Waals surface area contributed by atoms with Crippen molar-refractivity contribution in [2.24, 2.45) is 11.8 Å². The molecule has 0 aliphatic heterocycles. The number of carbonyl (C=O) groups is 1. The molecule has 1 aromatic rings. The van der Waals surface area contributed by atoms with Gasteiger partial charge in [-0.2, -0.15) is 0 Å². The van der Waals surface area contributed by atoms with Crippen LogP contribution in [0, 0.1) is 5.92 Å². The molecule has 0 unspecified atom stereocenters. The number of hydrogen-bond donors (Lipinski definition) is 2. The van der Waals surface area contributed by atoms with Gasteiger partial charge in [-0.3, -0.25) is 4.79 Å². The van der Waals surface area contributed by atoms with E-state index in [0.717, 1.165) is 25.8 Å². The highest BCUT2D eigenvalue weighted by Gasteiger charge is 2.27. The Hall–Kier alpha value is -1.62. The zero-order chi connectivity index (χ0) is 15.2. The van der Waals surface area contributed by atoms with E-state index >= 15 is 0 Å². The smallest absolute Gasteiger partial charge is 0.255 e. The molecule has 0 aromatic carbocycles. The van der Waals surface area contributed by atoms with Crippen molar-refractivity contribution in [3.63, 3.8) is 0 Å². The van der Waals surface area contributed by atoms with Crippen molar-refractivity contribution in [1.82, 2.24) is 9.88 Å². The Morgan fingerprint density at radius 3 is 2.67 bits per heavy atom. The lowest BCUT2D eigenvalue weighted by Gasteiger charge is -2.29. The highest BCUT2D eigenvalue weighted by molar-refractivity contribution is 5.94. The van der Waals surface area contributed by atoms with Crippen LogP contribution in [-0.4, -0.2) is 28.4 Å². The Bertz CT molecular complexity index is 452. The van der Waals surface area contributed by atoms with Gasteiger partial charge in [-0.15, -0.1) is 0 Å². The third kappa shape index (κ3) is 4.17. The van der Waals surface area contributed by atoms with Gasteiger partial charge in [0.25, 0.3) is 5.91 Å². The molecule has 1 aromatic heterocycles. The molecule has 1 heterocycles. The van der Waals surface area contributed by atoms with Crippen LogP contribution in [0.1, 0.15) is 56.3 Å². The molecule has 1 aliphatic rings. The standard InChI is InChI=1S/C16H26N4O/c1-12(2)9-10-20(14-5-3-4-6-14)16(21)13-7-8-15(19-17)18-11-13/h7-8,11-12,14H,3-6,9-10,17H2,1-2H3,(H,18,19). The summed E-state index contributed by atoms with van der Waals surface area (Å²) in [5, 5.41) is 0.